The van der Waals surface area contributed by atoms with Crippen molar-refractivity contribution in [3.8, 4) is 16.2 Å². The Morgan fingerprint density at radius 3 is 2.73 bits per heavy atom. The maximum absolute atomic E-state index is 13.3. The Balaban J connectivity index is 1.42. The number of amides is 3. The van der Waals surface area contributed by atoms with Gasteiger partial charge in [0.25, 0.3) is 0 Å². The number of fused-ring (bicyclic) bond motifs is 1. The van der Waals surface area contributed by atoms with E-state index in [4.69, 9.17) is 4.74 Å². The molecule has 0 fully saturated rings. The molecule has 2 unspecified atom stereocenters. The summed E-state index contributed by atoms with van der Waals surface area (Å²) in [6, 6.07) is 16.3. The quantitative estimate of drug-likeness (QED) is 0.399. The molecule has 3 amide bonds. The Morgan fingerprint density at radius 2 is 1.94 bits per heavy atom. The number of carbonyl (C=O) groups excluding carboxylic acids is 2. The monoisotopic (exact) mass is 459 g/mol. The molecule has 2 atom stereocenters. The molecular weight excluding hydrogens is 438 g/mol. The second-order valence-corrected chi connectivity index (χ2v) is 8.87. The average Bonchev–Trinajstić information content (AvgIpc) is 3.48. The fourth-order valence-corrected chi connectivity index (χ4v) is 5.07. The van der Waals surface area contributed by atoms with Gasteiger partial charge in [0.15, 0.2) is 0 Å². The number of hydrogen-bond donors (Lipinski definition) is 3. The van der Waals surface area contributed by atoms with Crippen molar-refractivity contribution in [3.05, 3.63) is 65.7 Å². The number of aromatic nitrogens is 2. The predicted octanol–water partition coefficient (Wildman–Crippen LogP) is 4.78. The van der Waals surface area contributed by atoms with Crippen LogP contribution in [0.4, 0.5) is 10.5 Å². The summed E-state index contributed by atoms with van der Waals surface area (Å²) in [5, 5.41) is 13.6. The topological polar surface area (TPSA) is 108 Å². The summed E-state index contributed by atoms with van der Waals surface area (Å²) in [6.07, 6.45) is 1.70. The highest BCUT2D eigenvalue weighted by Gasteiger charge is 2.37. The molecule has 1 aliphatic rings. The van der Waals surface area contributed by atoms with E-state index in [1.807, 2.05) is 54.6 Å². The first kappa shape index (κ1) is 20.9. The molecule has 3 heterocycles. The smallest absolute Gasteiger partial charge is 0.341 e. The lowest BCUT2D eigenvalue weighted by atomic mass is 9.91. The van der Waals surface area contributed by atoms with Crippen LogP contribution in [0.1, 0.15) is 17.8 Å². The van der Waals surface area contributed by atoms with E-state index in [1.165, 1.54) is 11.3 Å². The normalized spacial score (nSPS) is 18.0. The minimum Gasteiger partial charge on any atom is -0.497 e. The standard InChI is InChI=1S/C24H21N5O3S/c1-13-21(23(30)27-16-5-8-18-15(11-16)12-25-29-18)22(28-24(31)26-13)20-10-9-19(33-20)14-3-6-17(32-2)7-4-14/h3-12,21-22H,1-2H3,(H,25,29)(H,27,30)(H,28,31). The number of aromatic amines is 1. The molecule has 0 aliphatic carbocycles. The summed E-state index contributed by atoms with van der Waals surface area (Å²) in [5.41, 5.74) is 3.06. The number of H-pyrrole nitrogens is 1. The van der Waals surface area contributed by atoms with Gasteiger partial charge in [-0.3, -0.25) is 9.89 Å². The maximum atomic E-state index is 13.3. The lowest BCUT2D eigenvalue weighted by Gasteiger charge is -2.29. The van der Waals surface area contributed by atoms with Gasteiger partial charge in [0, 0.05) is 26.5 Å². The fraction of sp³-hybridized carbons (Fsp3) is 0.167. The van der Waals surface area contributed by atoms with Crippen LogP contribution in [0.3, 0.4) is 0 Å². The van der Waals surface area contributed by atoms with Crippen molar-refractivity contribution in [2.75, 3.05) is 12.4 Å². The molecule has 3 N–H and O–H groups in total. The van der Waals surface area contributed by atoms with Gasteiger partial charge in [-0.25, -0.2) is 9.79 Å². The zero-order valence-electron chi connectivity index (χ0n) is 18.0. The minimum absolute atomic E-state index is 0.233. The molecule has 1 aliphatic heterocycles. The third-order valence-corrected chi connectivity index (χ3v) is 6.86. The zero-order valence-corrected chi connectivity index (χ0v) is 18.8. The Bertz CT molecular complexity index is 1370. The Morgan fingerprint density at radius 1 is 1.12 bits per heavy atom. The van der Waals surface area contributed by atoms with Crippen LogP contribution >= 0.6 is 11.3 Å². The number of thiophene rings is 1. The van der Waals surface area contributed by atoms with Crippen molar-refractivity contribution in [2.45, 2.75) is 13.0 Å². The summed E-state index contributed by atoms with van der Waals surface area (Å²) in [6.45, 7) is 1.72. The summed E-state index contributed by atoms with van der Waals surface area (Å²) >= 11 is 1.54. The molecule has 2 aromatic heterocycles. The van der Waals surface area contributed by atoms with Gasteiger partial charge in [0.05, 0.1) is 24.9 Å². The fourth-order valence-electron chi connectivity index (χ4n) is 3.97. The molecule has 9 heteroatoms. The summed E-state index contributed by atoms with van der Waals surface area (Å²) in [7, 11) is 1.63. The first-order chi connectivity index (χ1) is 16.0. The Hall–Kier alpha value is -3.98. The van der Waals surface area contributed by atoms with Crippen LogP contribution in [0, 0.1) is 5.92 Å². The largest absolute Gasteiger partial charge is 0.497 e. The number of aliphatic imine (C=N–C) groups is 1. The highest BCUT2D eigenvalue weighted by Crippen LogP contribution is 2.37. The number of nitrogens with zero attached hydrogens (tertiary/aromatic N) is 2. The van der Waals surface area contributed by atoms with Crippen LogP contribution in [-0.4, -0.2) is 35.0 Å². The van der Waals surface area contributed by atoms with Crippen LogP contribution < -0.4 is 15.4 Å². The van der Waals surface area contributed by atoms with E-state index in [-0.39, 0.29) is 5.91 Å². The zero-order chi connectivity index (χ0) is 22.9. The van der Waals surface area contributed by atoms with Gasteiger partial charge < -0.3 is 15.4 Å². The third-order valence-electron chi connectivity index (χ3n) is 5.64. The van der Waals surface area contributed by atoms with Crippen molar-refractivity contribution in [3.63, 3.8) is 0 Å². The SMILES string of the molecule is COc1ccc(-c2ccc(C3NC(=O)N=C(C)C3C(=O)Nc3ccc4[nH]ncc4c3)s2)cc1. The molecule has 5 rings (SSSR count). The summed E-state index contributed by atoms with van der Waals surface area (Å²) in [4.78, 5) is 31.4. The van der Waals surface area contributed by atoms with E-state index < -0.39 is 18.0 Å². The van der Waals surface area contributed by atoms with Crippen LogP contribution in [0.5, 0.6) is 5.75 Å². The molecule has 0 spiro atoms. The number of carbonyl (C=O) groups is 2. The lowest BCUT2D eigenvalue weighted by Crippen LogP contribution is -2.45. The van der Waals surface area contributed by atoms with E-state index in [1.54, 1.807) is 20.2 Å². The molecule has 33 heavy (non-hydrogen) atoms. The summed E-state index contributed by atoms with van der Waals surface area (Å²) in [5.74, 6) is -0.0825. The van der Waals surface area contributed by atoms with Crippen molar-refractivity contribution in [1.29, 1.82) is 0 Å². The number of benzene rings is 2. The van der Waals surface area contributed by atoms with Crippen molar-refractivity contribution in [1.82, 2.24) is 15.5 Å². The van der Waals surface area contributed by atoms with Gasteiger partial charge in [0.1, 0.15) is 11.7 Å². The number of urea groups is 1. The van der Waals surface area contributed by atoms with E-state index in [9.17, 15) is 9.59 Å². The van der Waals surface area contributed by atoms with Crippen LogP contribution in [0.25, 0.3) is 21.3 Å². The second kappa shape index (κ2) is 8.51. The van der Waals surface area contributed by atoms with Gasteiger partial charge in [-0.2, -0.15) is 5.10 Å². The highest BCUT2D eigenvalue weighted by molar-refractivity contribution is 7.15. The van der Waals surface area contributed by atoms with Gasteiger partial charge in [-0.1, -0.05) is 0 Å². The Labute approximate surface area is 193 Å². The second-order valence-electron chi connectivity index (χ2n) is 7.75. The van der Waals surface area contributed by atoms with Crippen molar-refractivity contribution in [2.24, 2.45) is 10.9 Å². The molecule has 0 bridgehead atoms. The number of rotatable bonds is 5. The average molecular weight is 460 g/mol. The first-order valence-corrected chi connectivity index (χ1v) is 11.2. The van der Waals surface area contributed by atoms with E-state index in [0.29, 0.717) is 11.4 Å². The number of nitrogens with one attached hydrogen (secondary N) is 3. The van der Waals surface area contributed by atoms with Crippen LogP contribution in [-0.2, 0) is 4.79 Å². The summed E-state index contributed by atoms with van der Waals surface area (Å²) < 4.78 is 5.23. The van der Waals surface area contributed by atoms with Crippen molar-refractivity contribution >= 4 is 45.6 Å². The van der Waals surface area contributed by atoms with Crippen molar-refractivity contribution < 1.29 is 14.3 Å². The number of hydrogen-bond acceptors (Lipinski definition) is 5. The number of methoxy groups -OCH3 is 1. The molecule has 8 nitrogen and oxygen atoms in total. The molecule has 0 radical (unpaired) electrons. The van der Waals surface area contributed by atoms with E-state index >= 15 is 0 Å². The molecular formula is C24H21N5O3S. The first-order valence-electron chi connectivity index (χ1n) is 10.4. The third kappa shape index (κ3) is 4.10. The molecule has 166 valence electrons. The van der Waals surface area contributed by atoms with Crippen LogP contribution in [0.2, 0.25) is 0 Å². The van der Waals surface area contributed by atoms with E-state index in [2.05, 4.69) is 25.8 Å². The Kier molecular flexibility index (Phi) is 5.39. The molecule has 4 aromatic rings. The molecule has 0 saturated carbocycles. The lowest BCUT2D eigenvalue weighted by molar-refractivity contribution is -0.118. The molecule has 0 saturated heterocycles. The van der Waals surface area contributed by atoms with Gasteiger partial charge in [-0.15, -0.1) is 11.3 Å². The van der Waals surface area contributed by atoms with Gasteiger partial charge in [0.2, 0.25) is 5.91 Å². The highest BCUT2D eigenvalue weighted by atomic mass is 32.1. The van der Waals surface area contributed by atoms with Crippen LogP contribution in [0.15, 0.2) is 65.8 Å². The number of ether oxygens (including phenoxy) is 1. The number of anilines is 1. The maximum Gasteiger partial charge on any atom is 0.341 e. The van der Waals surface area contributed by atoms with E-state index in [0.717, 1.165) is 32.0 Å². The van der Waals surface area contributed by atoms with Gasteiger partial charge >= 0.3 is 6.03 Å². The van der Waals surface area contributed by atoms with Gasteiger partial charge in [-0.05, 0) is 67.1 Å². The molecule has 2 aromatic carbocycles. The minimum atomic E-state index is -0.634. The predicted molar refractivity (Wildman–Crippen MR) is 129 cm³/mol.